The molecule has 1 fully saturated rings. The molecule has 1 N–H and O–H groups in total. The number of rotatable bonds is 6. The molecule has 1 aromatic heterocycles. The molecular weight excluding hydrogens is 326 g/mol. The van der Waals surface area contributed by atoms with E-state index in [4.69, 9.17) is 4.74 Å². The van der Waals surface area contributed by atoms with E-state index in [1.807, 2.05) is 29.2 Å². The normalized spacial score (nSPS) is 14.9. The van der Waals surface area contributed by atoms with Crippen LogP contribution < -0.4 is 10.1 Å². The number of ether oxygens (including phenoxy) is 1. The fraction of sp³-hybridized carbons (Fsp3) is 0.429. The van der Waals surface area contributed by atoms with Crippen LogP contribution in [0.4, 0.5) is 5.69 Å². The number of carbonyl (C=O) groups is 1. The molecule has 1 aliphatic rings. The number of hydrogen-bond acceptors (Lipinski definition) is 4. The van der Waals surface area contributed by atoms with Crippen LogP contribution >= 0.6 is 0 Å². The summed E-state index contributed by atoms with van der Waals surface area (Å²) in [5.74, 6) is 1.63. The minimum Gasteiger partial charge on any atom is -0.497 e. The maximum atomic E-state index is 12.5. The first kappa shape index (κ1) is 18.2. The second-order valence-corrected chi connectivity index (χ2v) is 6.93. The van der Waals surface area contributed by atoms with Gasteiger partial charge in [-0.3, -0.25) is 4.79 Å². The van der Waals surface area contributed by atoms with Crippen LogP contribution in [-0.2, 0) is 6.42 Å². The van der Waals surface area contributed by atoms with Gasteiger partial charge in [0.1, 0.15) is 11.4 Å². The lowest BCUT2D eigenvalue weighted by Crippen LogP contribution is -2.38. The highest BCUT2D eigenvalue weighted by Gasteiger charge is 2.22. The molecule has 3 rings (SSSR count). The number of aromatic nitrogens is 1. The van der Waals surface area contributed by atoms with Crippen LogP contribution in [0.25, 0.3) is 0 Å². The topological polar surface area (TPSA) is 54.5 Å². The van der Waals surface area contributed by atoms with Gasteiger partial charge in [-0.1, -0.05) is 19.1 Å². The van der Waals surface area contributed by atoms with Gasteiger partial charge in [0.15, 0.2) is 0 Å². The molecule has 0 atom stereocenters. The fourth-order valence-corrected chi connectivity index (χ4v) is 3.14. The zero-order valence-electron chi connectivity index (χ0n) is 15.6. The van der Waals surface area contributed by atoms with Gasteiger partial charge in [-0.25, -0.2) is 4.98 Å². The Hall–Kier alpha value is -2.56. The van der Waals surface area contributed by atoms with Gasteiger partial charge in [-0.15, -0.1) is 0 Å². The Labute approximate surface area is 155 Å². The molecule has 1 aromatic carbocycles. The zero-order chi connectivity index (χ0) is 18.4. The number of benzene rings is 1. The lowest BCUT2D eigenvalue weighted by atomic mass is 9.99. The van der Waals surface area contributed by atoms with Crippen molar-refractivity contribution < 1.29 is 9.53 Å². The summed E-state index contributed by atoms with van der Waals surface area (Å²) in [6.45, 7) is 4.73. The molecule has 1 saturated heterocycles. The maximum absolute atomic E-state index is 12.5. The lowest BCUT2D eigenvalue weighted by Gasteiger charge is -2.30. The van der Waals surface area contributed by atoms with E-state index in [1.165, 1.54) is 5.56 Å². The third kappa shape index (κ3) is 4.75. The highest BCUT2D eigenvalue weighted by molar-refractivity contribution is 5.92. The predicted octanol–water partition coefficient (Wildman–Crippen LogP) is 3.62. The molecule has 5 nitrogen and oxygen atoms in total. The quantitative estimate of drug-likeness (QED) is 0.862. The van der Waals surface area contributed by atoms with Gasteiger partial charge < -0.3 is 15.0 Å². The van der Waals surface area contributed by atoms with Crippen LogP contribution in [0.1, 0.15) is 35.8 Å². The van der Waals surface area contributed by atoms with Gasteiger partial charge in [-0.05, 0) is 55.0 Å². The third-order valence-corrected chi connectivity index (χ3v) is 4.96. The average Bonchev–Trinajstić information content (AvgIpc) is 2.69. The molecule has 1 aliphatic heterocycles. The van der Waals surface area contributed by atoms with Crippen LogP contribution in [0.3, 0.4) is 0 Å². The van der Waals surface area contributed by atoms with Crippen LogP contribution in [0.2, 0.25) is 0 Å². The Morgan fingerprint density at radius 3 is 2.54 bits per heavy atom. The Balaban J connectivity index is 1.48. The summed E-state index contributed by atoms with van der Waals surface area (Å²) in [5.41, 5.74) is 2.71. The number of hydrogen-bond donors (Lipinski definition) is 1. The van der Waals surface area contributed by atoms with Gasteiger partial charge in [0, 0.05) is 19.6 Å². The number of methoxy groups -OCH3 is 1. The minimum absolute atomic E-state index is 0.0432. The van der Waals surface area contributed by atoms with Crippen molar-refractivity contribution in [1.29, 1.82) is 0 Å². The molecular formula is C21H27N3O2. The lowest BCUT2D eigenvalue weighted by molar-refractivity contribution is 0.0691. The standard InChI is InChI=1S/C21H27N3O2/c1-16-10-13-24(14-11-16)21(25)20-8-5-18(15-23-20)22-12-9-17-3-6-19(26-2)7-4-17/h3-8,15-16,22H,9-14H2,1-2H3. The summed E-state index contributed by atoms with van der Waals surface area (Å²) < 4.78 is 5.17. The zero-order valence-corrected chi connectivity index (χ0v) is 15.6. The smallest absolute Gasteiger partial charge is 0.272 e. The van der Waals surface area contributed by atoms with Crippen LogP contribution in [0, 0.1) is 5.92 Å². The highest BCUT2D eigenvalue weighted by atomic mass is 16.5. The van der Waals surface area contributed by atoms with Crippen molar-refractivity contribution in [2.24, 2.45) is 5.92 Å². The van der Waals surface area contributed by atoms with E-state index in [-0.39, 0.29) is 5.91 Å². The molecule has 0 saturated carbocycles. The molecule has 0 radical (unpaired) electrons. The molecule has 0 bridgehead atoms. The number of likely N-dealkylation sites (tertiary alicyclic amines) is 1. The van der Waals surface area contributed by atoms with Crippen LogP contribution in [0.5, 0.6) is 5.75 Å². The minimum atomic E-state index is 0.0432. The Kier molecular flexibility index (Phi) is 6.10. The van der Waals surface area contributed by atoms with Crippen LogP contribution in [0.15, 0.2) is 42.6 Å². The monoisotopic (exact) mass is 353 g/mol. The van der Waals surface area contributed by atoms with E-state index in [1.54, 1.807) is 13.3 Å². The van der Waals surface area contributed by atoms with Crippen molar-refractivity contribution >= 4 is 11.6 Å². The first-order valence-electron chi connectivity index (χ1n) is 9.28. The van der Waals surface area contributed by atoms with Crippen molar-refractivity contribution in [3.63, 3.8) is 0 Å². The second kappa shape index (κ2) is 8.70. The largest absolute Gasteiger partial charge is 0.497 e. The molecule has 5 heteroatoms. The summed E-state index contributed by atoms with van der Waals surface area (Å²) >= 11 is 0. The number of amides is 1. The Morgan fingerprint density at radius 1 is 1.19 bits per heavy atom. The van der Waals surface area contributed by atoms with Gasteiger partial charge in [0.2, 0.25) is 0 Å². The van der Waals surface area contributed by atoms with Crippen molar-refractivity contribution in [2.75, 3.05) is 32.1 Å². The highest BCUT2D eigenvalue weighted by Crippen LogP contribution is 2.18. The van der Waals surface area contributed by atoms with E-state index in [2.05, 4.69) is 29.4 Å². The van der Waals surface area contributed by atoms with Crippen molar-refractivity contribution in [3.05, 3.63) is 53.9 Å². The Bertz CT molecular complexity index is 705. The SMILES string of the molecule is COc1ccc(CCNc2ccc(C(=O)N3CCC(C)CC3)nc2)cc1. The summed E-state index contributed by atoms with van der Waals surface area (Å²) in [5, 5.41) is 3.35. The molecule has 2 heterocycles. The average molecular weight is 353 g/mol. The first-order valence-corrected chi connectivity index (χ1v) is 9.28. The van der Waals surface area contributed by atoms with Gasteiger partial charge >= 0.3 is 0 Å². The van der Waals surface area contributed by atoms with E-state index in [9.17, 15) is 4.79 Å². The van der Waals surface area contributed by atoms with Gasteiger partial charge in [0.05, 0.1) is 19.0 Å². The number of carbonyl (C=O) groups excluding carboxylic acids is 1. The summed E-state index contributed by atoms with van der Waals surface area (Å²) in [6.07, 6.45) is 4.82. The van der Waals surface area contributed by atoms with E-state index >= 15 is 0 Å². The molecule has 2 aromatic rings. The summed E-state index contributed by atoms with van der Waals surface area (Å²) in [4.78, 5) is 18.8. The molecule has 1 amide bonds. The summed E-state index contributed by atoms with van der Waals surface area (Å²) in [7, 11) is 1.67. The summed E-state index contributed by atoms with van der Waals surface area (Å²) in [6, 6.07) is 11.8. The number of nitrogens with zero attached hydrogens (tertiary/aromatic N) is 2. The second-order valence-electron chi connectivity index (χ2n) is 6.93. The predicted molar refractivity (Wildman–Crippen MR) is 104 cm³/mol. The first-order chi connectivity index (χ1) is 12.7. The van der Waals surface area contributed by atoms with Gasteiger partial charge in [0.25, 0.3) is 5.91 Å². The molecule has 0 spiro atoms. The van der Waals surface area contributed by atoms with Crippen LogP contribution in [-0.4, -0.2) is 42.5 Å². The van der Waals surface area contributed by atoms with Crippen molar-refractivity contribution in [3.8, 4) is 5.75 Å². The number of piperidine rings is 1. The fourth-order valence-electron chi connectivity index (χ4n) is 3.14. The van der Waals surface area contributed by atoms with Gasteiger partial charge in [-0.2, -0.15) is 0 Å². The number of nitrogens with one attached hydrogen (secondary N) is 1. The molecule has 138 valence electrons. The van der Waals surface area contributed by atoms with E-state index in [0.29, 0.717) is 11.6 Å². The van der Waals surface area contributed by atoms with Crippen molar-refractivity contribution in [1.82, 2.24) is 9.88 Å². The molecule has 0 aliphatic carbocycles. The van der Waals surface area contributed by atoms with E-state index < -0.39 is 0 Å². The third-order valence-electron chi connectivity index (χ3n) is 4.96. The molecule has 26 heavy (non-hydrogen) atoms. The number of pyridine rings is 1. The number of anilines is 1. The van der Waals surface area contributed by atoms with Crippen molar-refractivity contribution in [2.45, 2.75) is 26.2 Å². The maximum Gasteiger partial charge on any atom is 0.272 e. The van der Waals surface area contributed by atoms with E-state index in [0.717, 1.165) is 50.3 Å². The molecule has 0 unspecified atom stereocenters. The Morgan fingerprint density at radius 2 is 1.92 bits per heavy atom.